The molecule has 1 N–H and O–H groups in total. The maximum absolute atomic E-state index is 12.1. The third-order valence-electron chi connectivity index (χ3n) is 4.49. The van der Waals surface area contributed by atoms with Crippen molar-refractivity contribution in [1.29, 1.82) is 0 Å². The predicted molar refractivity (Wildman–Crippen MR) is 102 cm³/mol. The van der Waals surface area contributed by atoms with Crippen LogP contribution in [-0.4, -0.2) is 35.2 Å². The Bertz CT molecular complexity index is 814. The van der Waals surface area contributed by atoms with Gasteiger partial charge in [0.1, 0.15) is 0 Å². The first kappa shape index (κ1) is 20.5. The lowest BCUT2D eigenvalue weighted by atomic mass is 10.1. The summed E-state index contributed by atoms with van der Waals surface area (Å²) in [5, 5.41) is 7.18. The summed E-state index contributed by atoms with van der Waals surface area (Å²) in [7, 11) is 3.41. The molecule has 1 amide bonds. The molecule has 27 heavy (non-hydrogen) atoms. The first-order valence-corrected chi connectivity index (χ1v) is 8.93. The van der Waals surface area contributed by atoms with Crippen molar-refractivity contribution in [2.45, 2.75) is 39.7 Å². The third kappa shape index (κ3) is 5.32. The van der Waals surface area contributed by atoms with Crippen molar-refractivity contribution in [3.05, 3.63) is 41.2 Å². The molecule has 2 aromatic rings. The molecule has 1 heterocycles. The Hall–Kier alpha value is -2.83. The van der Waals surface area contributed by atoms with Crippen molar-refractivity contribution in [1.82, 2.24) is 15.1 Å². The Morgan fingerprint density at radius 3 is 2.63 bits per heavy atom. The predicted octanol–water partition coefficient (Wildman–Crippen LogP) is 2.98. The van der Waals surface area contributed by atoms with Gasteiger partial charge >= 0.3 is 0 Å². The monoisotopic (exact) mass is 373 g/mol. The van der Waals surface area contributed by atoms with Gasteiger partial charge in [0.2, 0.25) is 5.91 Å². The normalized spacial score (nSPS) is 11.7. The number of carbonyl (C=O) groups is 2. The minimum atomic E-state index is -0.0914. The lowest BCUT2D eigenvalue weighted by Gasteiger charge is -2.14. The van der Waals surface area contributed by atoms with Gasteiger partial charge in [0, 0.05) is 30.3 Å². The van der Waals surface area contributed by atoms with Gasteiger partial charge in [-0.15, -0.1) is 0 Å². The van der Waals surface area contributed by atoms with Crippen LogP contribution in [0.2, 0.25) is 0 Å². The molecule has 0 saturated carbocycles. The summed E-state index contributed by atoms with van der Waals surface area (Å²) in [4.78, 5) is 23.6. The van der Waals surface area contributed by atoms with E-state index in [2.05, 4.69) is 10.4 Å². The number of aryl methyl sites for hydroxylation is 1. The second kappa shape index (κ2) is 9.21. The van der Waals surface area contributed by atoms with Crippen LogP contribution in [0.1, 0.15) is 54.3 Å². The van der Waals surface area contributed by atoms with Crippen LogP contribution in [0, 0.1) is 6.92 Å². The number of benzene rings is 1. The molecule has 0 aliphatic carbocycles. The Morgan fingerprint density at radius 2 is 2.04 bits per heavy atom. The Balaban J connectivity index is 1.80. The summed E-state index contributed by atoms with van der Waals surface area (Å²) in [6.07, 6.45) is 2.71. The van der Waals surface area contributed by atoms with Crippen LogP contribution >= 0.6 is 0 Å². The largest absolute Gasteiger partial charge is 0.493 e. The van der Waals surface area contributed by atoms with E-state index in [0.29, 0.717) is 36.5 Å². The molecule has 1 aromatic carbocycles. The molecule has 0 aliphatic heterocycles. The van der Waals surface area contributed by atoms with Gasteiger partial charge in [0.15, 0.2) is 17.3 Å². The zero-order valence-corrected chi connectivity index (χ0v) is 16.5. The molecule has 0 bridgehead atoms. The lowest BCUT2D eigenvalue weighted by Crippen LogP contribution is -2.27. The average Bonchev–Trinajstić information content (AvgIpc) is 2.97. The molecular formula is C20H27N3O4. The van der Waals surface area contributed by atoms with Gasteiger partial charge < -0.3 is 14.8 Å². The summed E-state index contributed by atoms with van der Waals surface area (Å²) in [5.41, 5.74) is 2.61. The van der Waals surface area contributed by atoms with E-state index in [1.807, 2.05) is 20.9 Å². The molecule has 2 rings (SSSR count). The van der Waals surface area contributed by atoms with Gasteiger partial charge in [-0.25, -0.2) is 0 Å². The van der Waals surface area contributed by atoms with Crippen LogP contribution in [0.5, 0.6) is 11.5 Å². The number of ether oxygens (including phenoxy) is 2. The van der Waals surface area contributed by atoms with Crippen molar-refractivity contribution >= 4 is 11.7 Å². The number of nitrogens with zero attached hydrogens (tertiary/aromatic N) is 2. The lowest BCUT2D eigenvalue weighted by molar-refractivity contribution is -0.121. The van der Waals surface area contributed by atoms with E-state index >= 15 is 0 Å². The van der Waals surface area contributed by atoms with E-state index in [-0.39, 0.29) is 17.7 Å². The van der Waals surface area contributed by atoms with Crippen LogP contribution in [0.15, 0.2) is 24.4 Å². The van der Waals surface area contributed by atoms with Crippen LogP contribution in [0.4, 0.5) is 0 Å². The summed E-state index contributed by atoms with van der Waals surface area (Å²) in [5.74, 6) is 0.998. The molecule has 7 heteroatoms. The van der Waals surface area contributed by atoms with Gasteiger partial charge in [-0.2, -0.15) is 5.10 Å². The number of amides is 1. The molecule has 1 atom stereocenters. The average molecular weight is 373 g/mol. The fourth-order valence-electron chi connectivity index (χ4n) is 2.75. The highest BCUT2D eigenvalue weighted by atomic mass is 16.5. The maximum atomic E-state index is 12.1. The fraction of sp³-hybridized carbons (Fsp3) is 0.450. The number of aromatic nitrogens is 2. The summed E-state index contributed by atoms with van der Waals surface area (Å²) in [6.45, 7) is 5.80. The van der Waals surface area contributed by atoms with Gasteiger partial charge in [-0.3, -0.25) is 14.3 Å². The van der Waals surface area contributed by atoms with Crippen molar-refractivity contribution in [3.8, 4) is 11.5 Å². The summed E-state index contributed by atoms with van der Waals surface area (Å²) < 4.78 is 12.7. The number of Topliss-reactive ketones (excluding diaryl/α,β-unsaturated/α-hetero) is 1. The third-order valence-corrected chi connectivity index (χ3v) is 4.49. The van der Waals surface area contributed by atoms with Gasteiger partial charge in [0.05, 0.1) is 26.0 Å². The summed E-state index contributed by atoms with van der Waals surface area (Å²) >= 11 is 0. The first-order chi connectivity index (χ1) is 12.8. The minimum Gasteiger partial charge on any atom is -0.493 e. The number of hydrogen-bond acceptors (Lipinski definition) is 5. The highest BCUT2D eigenvalue weighted by molar-refractivity contribution is 5.94. The van der Waals surface area contributed by atoms with Gasteiger partial charge in [0.25, 0.3) is 0 Å². The number of nitrogens with one attached hydrogen (secondary N) is 1. The molecule has 0 unspecified atom stereocenters. The SMILES string of the molecule is COc1cc(C(C)=O)ccc1OCCCC(=O)N[C@H](C)c1cnn(C)c1C. The van der Waals surface area contributed by atoms with E-state index in [1.54, 1.807) is 29.1 Å². The first-order valence-electron chi connectivity index (χ1n) is 8.93. The number of hydrogen-bond donors (Lipinski definition) is 1. The molecule has 0 radical (unpaired) electrons. The van der Waals surface area contributed by atoms with E-state index in [4.69, 9.17) is 9.47 Å². The highest BCUT2D eigenvalue weighted by Crippen LogP contribution is 2.28. The molecule has 1 aromatic heterocycles. The molecule has 0 spiro atoms. The molecule has 0 fully saturated rings. The highest BCUT2D eigenvalue weighted by Gasteiger charge is 2.14. The molecular weight excluding hydrogens is 346 g/mol. The number of methoxy groups -OCH3 is 1. The number of rotatable bonds is 9. The Morgan fingerprint density at radius 1 is 1.30 bits per heavy atom. The zero-order valence-electron chi connectivity index (χ0n) is 16.5. The number of ketones is 1. The van der Waals surface area contributed by atoms with E-state index in [1.165, 1.54) is 14.0 Å². The van der Waals surface area contributed by atoms with Crippen LogP contribution in [-0.2, 0) is 11.8 Å². The van der Waals surface area contributed by atoms with Crippen molar-refractivity contribution in [2.75, 3.05) is 13.7 Å². The van der Waals surface area contributed by atoms with Crippen molar-refractivity contribution in [3.63, 3.8) is 0 Å². The van der Waals surface area contributed by atoms with Crippen LogP contribution in [0.25, 0.3) is 0 Å². The van der Waals surface area contributed by atoms with E-state index < -0.39 is 0 Å². The van der Waals surface area contributed by atoms with Gasteiger partial charge in [-0.1, -0.05) is 0 Å². The quantitative estimate of drug-likeness (QED) is 0.540. The molecule has 7 nitrogen and oxygen atoms in total. The Kier molecular flexibility index (Phi) is 6.98. The van der Waals surface area contributed by atoms with Crippen molar-refractivity contribution < 1.29 is 19.1 Å². The van der Waals surface area contributed by atoms with Crippen molar-refractivity contribution in [2.24, 2.45) is 7.05 Å². The maximum Gasteiger partial charge on any atom is 0.220 e. The fourth-order valence-corrected chi connectivity index (χ4v) is 2.75. The minimum absolute atomic E-state index is 0.0329. The topological polar surface area (TPSA) is 82.4 Å². The Labute approximate surface area is 159 Å². The number of carbonyl (C=O) groups excluding carboxylic acids is 2. The molecule has 0 aliphatic rings. The smallest absolute Gasteiger partial charge is 0.220 e. The molecule has 146 valence electrons. The van der Waals surface area contributed by atoms with Crippen LogP contribution in [0.3, 0.4) is 0 Å². The zero-order chi connectivity index (χ0) is 20.0. The standard InChI is InChI=1S/C20H27N3O4/c1-13(17-12-21-23(4)14(17)2)22-20(25)7-6-10-27-18-9-8-16(15(3)24)11-19(18)26-5/h8-9,11-13H,6-7,10H2,1-5H3,(H,22,25)/t13-/m1/s1. The molecule has 0 saturated heterocycles. The van der Waals surface area contributed by atoms with Crippen LogP contribution < -0.4 is 14.8 Å². The second-order valence-electron chi connectivity index (χ2n) is 6.47. The second-order valence-corrected chi connectivity index (χ2v) is 6.47. The summed E-state index contributed by atoms with van der Waals surface area (Å²) in [6, 6.07) is 4.97. The van der Waals surface area contributed by atoms with E-state index in [0.717, 1.165) is 11.3 Å². The van der Waals surface area contributed by atoms with E-state index in [9.17, 15) is 9.59 Å². The van der Waals surface area contributed by atoms with Gasteiger partial charge in [-0.05, 0) is 45.4 Å².